The number of piperazine rings is 1. The maximum Gasteiger partial charge on any atom is 0.252 e. The van der Waals surface area contributed by atoms with E-state index in [2.05, 4.69) is 35.6 Å². The molecule has 0 amide bonds. The van der Waals surface area contributed by atoms with Crippen molar-refractivity contribution in [2.45, 2.75) is 6.42 Å². The molecule has 182 valence electrons. The molecule has 0 unspecified atom stereocenters. The molecule has 1 saturated heterocycles. The summed E-state index contributed by atoms with van der Waals surface area (Å²) in [6, 6.07) is 14.8. The Hall–Kier alpha value is -3.69. The third-order valence-corrected chi connectivity index (χ3v) is 5.67. The molecule has 0 saturated carbocycles. The first-order valence-electron chi connectivity index (χ1n) is 11.5. The van der Waals surface area contributed by atoms with E-state index in [-0.39, 0.29) is 5.75 Å². The van der Waals surface area contributed by atoms with Crippen LogP contribution < -0.4 is 20.5 Å². The van der Waals surface area contributed by atoms with Crippen LogP contribution in [0.15, 0.2) is 59.7 Å². The highest BCUT2D eigenvalue weighted by atomic mass is 35.5. The lowest BCUT2D eigenvalue weighted by molar-refractivity contribution is 0.475. The zero-order chi connectivity index (χ0) is 24.5. The fourth-order valence-electron chi connectivity index (χ4n) is 3.48. The Bertz CT molecular complexity index is 1150. The van der Waals surface area contributed by atoms with Crippen LogP contribution in [0.2, 0.25) is 5.02 Å². The number of hydrazone groups is 1. The van der Waals surface area contributed by atoms with E-state index in [9.17, 15) is 5.11 Å². The Morgan fingerprint density at radius 2 is 1.83 bits per heavy atom. The van der Waals surface area contributed by atoms with Crippen LogP contribution in [0, 0.1) is 0 Å². The summed E-state index contributed by atoms with van der Waals surface area (Å²) >= 11 is 5.94. The molecule has 4 rings (SSSR count). The Morgan fingerprint density at radius 3 is 2.57 bits per heavy atom. The largest absolute Gasteiger partial charge is 0.508 e. The van der Waals surface area contributed by atoms with Gasteiger partial charge >= 0.3 is 0 Å². The third-order valence-electron chi connectivity index (χ3n) is 5.42. The molecular formula is C25H29ClN8O. The van der Waals surface area contributed by atoms with E-state index < -0.39 is 0 Å². The highest BCUT2D eigenvalue weighted by molar-refractivity contribution is 6.30. The topological polar surface area (TPSA) is 102 Å². The van der Waals surface area contributed by atoms with Crippen LogP contribution in [-0.2, 0) is 6.42 Å². The van der Waals surface area contributed by atoms with Crippen molar-refractivity contribution < 1.29 is 5.11 Å². The van der Waals surface area contributed by atoms with Gasteiger partial charge in [-0.15, -0.1) is 0 Å². The monoisotopic (exact) mass is 492 g/mol. The van der Waals surface area contributed by atoms with Crippen molar-refractivity contribution in [2.75, 3.05) is 55.0 Å². The lowest BCUT2D eigenvalue weighted by Gasteiger charge is -2.28. The van der Waals surface area contributed by atoms with Crippen LogP contribution in [0.4, 0.5) is 17.8 Å². The van der Waals surface area contributed by atoms with Crippen molar-refractivity contribution >= 4 is 41.7 Å². The van der Waals surface area contributed by atoms with E-state index in [0.29, 0.717) is 29.4 Å². The van der Waals surface area contributed by atoms with Crippen molar-refractivity contribution in [3.8, 4) is 5.75 Å². The number of nitrogens with one attached hydrogen (secondary N) is 2. The SMILES string of the molecule is CN(/N=C/C=C/c1ccc(Cl)cc1)c1nc(NCCc2ccc(O)cc2)nc(N2CCNCC2)n1. The average Bonchev–Trinajstić information content (AvgIpc) is 2.89. The van der Waals surface area contributed by atoms with Gasteiger partial charge in [0.15, 0.2) is 0 Å². The Morgan fingerprint density at radius 1 is 1.09 bits per heavy atom. The Balaban J connectivity index is 1.45. The van der Waals surface area contributed by atoms with Crippen molar-refractivity contribution in [2.24, 2.45) is 5.10 Å². The molecule has 3 N–H and O–H groups in total. The first-order chi connectivity index (χ1) is 17.1. The first kappa shape index (κ1) is 24.4. The maximum atomic E-state index is 9.47. The molecule has 0 radical (unpaired) electrons. The van der Waals surface area contributed by atoms with Crippen molar-refractivity contribution in [1.29, 1.82) is 0 Å². The molecule has 1 aliphatic rings. The molecule has 0 atom stereocenters. The lowest BCUT2D eigenvalue weighted by Crippen LogP contribution is -2.44. The van der Waals surface area contributed by atoms with Gasteiger partial charge in [-0.05, 0) is 47.9 Å². The van der Waals surface area contributed by atoms with E-state index in [1.54, 1.807) is 23.4 Å². The molecule has 0 aliphatic carbocycles. The standard InChI is InChI=1S/C25H29ClN8O/c1-33(29-13-2-3-19-4-8-21(26)9-5-19)24-30-23(28-14-12-20-6-10-22(35)11-7-20)31-25(32-24)34-17-15-27-16-18-34/h2-11,13,27,35H,12,14-18H2,1H3,(H,28,30,31,32)/b3-2+,29-13+. The second-order valence-electron chi connectivity index (χ2n) is 8.04. The number of allylic oxidation sites excluding steroid dienone is 1. The summed E-state index contributed by atoms with van der Waals surface area (Å²) in [5.41, 5.74) is 2.14. The van der Waals surface area contributed by atoms with Gasteiger partial charge in [0.25, 0.3) is 5.95 Å². The maximum absolute atomic E-state index is 9.47. The number of benzene rings is 2. The van der Waals surface area contributed by atoms with Gasteiger partial charge in [0.2, 0.25) is 11.9 Å². The quantitative estimate of drug-likeness (QED) is 0.308. The zero-order valence-corrected chi connectivity index (χ0v) is 20.4. The van der Waals surface area contributed by atoms with Crippen LogP contribution in [0.5, 0.6) is 5.75 Å². The van der Waals surface area contributed by atoms with Gasteiger partial charge in [0, 0.05) is 51.0 Å². The molecule has 3 aromatic rings. The fourth-order valence-corrected chi connectivity index (χ4v) is 3.61. The summed E-state index contributed by atoms with van der Waals surface area (Å²) in [4.78, 5) is 16.0. The Kier molecular flexibility index (Phi) is 8.48. The van der Waals surface area contributed by atoms with E-state index in [4.69, 9.17) is 11.6 Å². The number of nitrogens with zero attached hydrogens (tertiary/aromatic N) is 6. The van der Waals surface area contributed by atoms with Crippen LogP contribution in [0.1, 0.15) is 11.1 Å². The van der Waals surface area contributed by atoms with Crippen LogP contribution in [0.25, 0.3) is 6.08 Å². The van der Waals surface area contributed by atoms with Crippen molar-refractivity contribution in [3.63, 3.8) is 0 Å². The van der Waals surface area contributed by atoms with E-state index in [1.165, 1.54) is 0 Å². The first-order valence-corrected chi connectivity index (χ1v) is 11.9. The van der Waals surface area contributed by atoms with Crippen LogP contribution in [-0.4, -0.2) is 66.0 Å². The van der Waals surface area contributed by atoms with Gasteiger partial charge in [0.05, 0.1) is 0 Å². The predicted octanol–water partition coefficient (Wildman–Crippen LogP) is 3.43. The zero-order valence-electron chi connectivity index (χ0n) is 19.6. The van der Waals surface area contributed by atoms with Crippen molar-refractivity contribution in [1.82, 2.24) is 20.3 Å². The third kappa shape index (κ3) is 7.40. The molecule has 35 heavy (non-hydrogen) atoms. The lowest BCUT2D eigenvalue weighted by atomic mass is 10.1. The number of halogens is 1. The highest BCUT2D eigenvalue weighted by Gasteiger charge is 2.17. The molecule has 10 heteroatoms. The fraction of sp³-hybridized carbons (Fsp3) is 0.280. The minimum atomic E-state index is 0.260. The number of hydrogen-bond acceptors (Lipinski definition) is 9. The average molecular weight is 493 g/mol. The van der Waals surface area contributed by atoms with Gasteiger partial charge in [-0.2, -0.15) is 20.1 Å². The summed E-state index contributed by atoms with van der Waals surface area (Å²) in [5, 5.41) is 22.9. The number of rotatable bonds is 9. The van der Waals surface area contributed by atoms with E-state index in [1.807, 2.05) is 55.6 Å². The second kappa shape index (κ2) is 12.1. The van der Waals surface area contributed by atoms with Gasteiger partial charge in [0.1, 0.15) is 5.75 Å². The van der Waals surface area contributed by atoms with Crippen LogP contribution in [0.3, 0.4) is 0 Å². The van der Waals surface area contributed by atoms with Gasteiger partial charge < -0.3 is 20.6 Å². The molecule has 9 nitrogen and oxygen atoms in total. The molecule has 2 heterocycles. The smallest absolute Gasteiger partial charge is 0.252 e. The molecule has 2 aromatic carbocycles. The number of anilines is 3. The minimum absolute atomic E-state index is 0.260. The van der Waals surface area contributed by atoms with Gasteiger partial charge in [-0.3, -0.25) is 0 Å². The molecule has 1 aliphatic heterocycles. The number of phenolic OH excluding ortho intramolecular Hbond substituents is 1. The number of aromatic hydroxyl groups is 1. The molecule has 1 aromatic heterocycles. The van der Waals surface area contributed by atoms with Crippen molar-refractivity contribution in [3.05, 3.63) is 70.8 Å². The summed E-state index contributed by atoms with van der Waals surface area (Å²) in [6.07, 6.45) is 6.27. The minimum Gasteiger partial charge on any atom is -0.508 e. The van der Waals surface area contributed by atoms with E-state index >= 15 is 0 Å². The predicted molar refractivity (Wildman–Crippen MR) is 143 cm³/mol. The summed E-state index contributed by atoms with van der Waals surface area (Å²) in [6.45, 7) is 4.06. The Labute approximate surface area is 210 Å². The highest BCUT2D eigenvalue weighted by Crippen LogP contribution is 2.17. The molecular weight excluding hydrogens is 464 g/mol. The summed E-state index contributed by atoms with van der Waals surface area (Å²) < 4.78 is 0. The normalized spacial score (nSPS) is 14.1. The number of phenols is 1. The van der Waals surface area contributed by atoms with Crippen LogP contribution >= 0.6 is 11.6 Å². The molecule has 0 spiro atoms. The second-order valence-corrected chi connectivity index (χ2v) is 8.47. The van der Waals surface area contributed by atoms with Gasteiger partial charge in [-0.25, -0.2) is 5.01 Å². The van der Waals surface area contributed by atoms with Gasteiger partial charge in [-0.1, -0.05) is 41.9 Å². The summed E-state index contributed by atoms with van der Waals surface area (Å²) in [5.74, 6) is 1.84. The van der Waals surface area contributed by atoms with E-state index in [0.717, 1.165) is 43.7 Å². The summed E-state index contributed by atoms with van der Waals surface area (Å²) in [7, 11) is 1.81. The number of aromatic nitrogens is 3. The number of hydrogen-bond donors (Lipinski definition) is 3. The molecule has 1 fully saturated rings. The molecule has 0 bridgehead atoms.